The van der Waals surface area contributed by atoms with Gasteiger partial charge >= 0.3 is 0 Å². The number of hydrogen-bond acceptors (Lipinski definition) is 5. The molecule has 4 aromatic rings. The zero-order valence-electron chi connectivity index (χ0n) is 16.4. The van der Waals surface area contributed by atoms with Crippen molar-refractivity contribution in [2.45, 2.75) is 23.8 Å². The molecule has 150 valence electrons. The predicted octanol–water partition coefficient (Wildman–Crippen LogP) is 4.29. The van der Waals surface area contributed by atoms with Crippen LogP contribution in [0.25, 0.3) is 16.6 Å². The normalized spacial score (nSPS) is 11.9. The summed E-state index contributed by atoms with van der Waals surface area (Å²) in [6, 6.07) is 20.2. The predicted molar refractivity (Wildman–Crippen MR) is 120 cm³/mol. The van der Waals surface area contributed by atoms with E-state index in [1.807, 2.05) is 55.5 Å². The molecule has 2 aromatic heterocycles. The van der Waals surface area contributed by atoms with Crippen molar-refractivity contribution in [1.82, 2.24) is 14.5 Å². The Bertz CT molecular complexity index is 1230. The summed E-state index contributed by atoms with van der Waals surface area (Å²) in [5, 5.41) is 3.49. The molecule has 7 heteroatoms. The lowest BCUT2D eigenvalue weighted by Crippen LogP contribution is -2.27. The number of carbonyl (C=O) groups is 1. The van der Waals surface area contributed by atoms with E-state index in [1.165, 1.54) is 11.8 Å². The van der Waals surface area contributed by atoms with E-state index in [0.29, 0.717) is 33.9 Å². The molecule has 6 nitrogen and oxygen atoms in total. The fourth-order valence-corrected chi connectivity index (χ4v) is 4.14. The van der Waals surface area contributed by atoms with Crippen molar-refractivity contribution >= 4 is 34.3 Å². The zero-order chi connectivity index (χ0) is 20.9. The highest BCUT2D eigenvalue weighted by Gasteiger charge is 2.22. The molecule has 0 radical (unpaired) electrons. The molecule has 0 fully saturated rings. The number of amides is 1. The van der Waals surface area contributed by atoms with Crippen LogP contribution in [0.3, 0.4) is 0 Å². The number of nitrogens with zero attached hydrogens (tertiary/aromatic N) is 3. The third-order valence-corrected chi connectivity index (χ3v) is 5.92. The minimum atomic E-state index is -0.423. The van der Waals surface area contributed by atoms with Gasteiger partial charge in [-0.3, -0.25) is 19.1 Å². The Morgan fingerprint density at radius 2 is 1.83 bits per heavy atom. The molecular formula is C23H20N4O2S. The molecule has 4 rings (SSSR count). The highest BCUT2D eigenvalue weighted by molar-refractivity contribution is 8.00. The van der Waals surface area contributed by atoms with Crippen LogP contribution < -0.4 is 10.9 Å². The van der Waals surface area contributed by atoms with Gasteiger partial charge in [0.15, 0.2) is 5.16 Å². The van der Waals surface area contributed by atoms with Crippen LogP contribution in [0.5, 0.6) is 0 Å². The fourth-order valence-electron chi connectivity index (χ4n) is 3.11. The van der Waals surface area contributed by atoms with Crippen molar-refractivity contribution in [1.29, 1.82) is 0 Å². The minimum absolute atomic E-state index is 0.155. The second-order valence-corrected chi connectivity index (χ2v) is 7.80. The number of anilines is 1. The maximum Gasteiger partial charge on any atom is 0.266 e. The number of para-hydroxylation sites is 2. The molecule has 1 atom stereocenters. The van der Waals surface area contributed by atoms with Gasteiger partial charge in [0.1, 0.15) is 0 Å². The van der Waals surface area contributed by atoms with E-state index >= 15 is 0 Å². The average Bonchev–Trinajstić information content (AvgIpc) is 2.79. The summed E-state index contributed by atoms with van der Waals surface area (Å²) in [4.78, 5) is 34.9. The molecule has 2 aromatic carbocycles. The van der Waals surface area contributed by atoms with E-state index in [9.17, 15) is 9.59 Å². The third kappa shape index (κ3) is 4.11. The first kappa shape index (κ1) is 19.8. The maximum absolute atomic E-state index is 13.3. The Morgan fingerprint density at radius 3 is 2.57 bits per heavy atom. The summed E-state index contributed by atoms with van der Waals surface area (Å²) in [6.07, 6.45) is 3.83. The molecule has 0 bridgehead atoms. The number of pyridine rings is 1. The van der Waals surface area contributed by atoms with Gasteiger partial charge in [-0.2, -0.15) is 0 Å². The lowest BCUT2D eigenvalue weighted by Gasteiger charge is -2.18. The molecule has 1 N–H and O–H groups in total. The van der Waals surface area contributed by atoms with E-state index in [2.05, 4.69) is 10.3 Å². The van der Waals surface area contributed by atoms with Crippen molar-refractivity contribution in [2.75, 3.05) is 5.32 Å². The highest BCUT2D eigenvalue weighted by atomic mass is 32.2. The van der Waals surface area contributed by atoms with Gasteiger partial charge in [-0.25, -0.2) is 4.98 Å². The minimum Gasteiger partial charge on any atom is -0.324 e. The van der Waals surface area contributed by atoms with Gasteiger partial charge in [-0.05, 0) is 42.8 Å². The summed E-state index contributed by atoms with van der Waals surface area (Å²) < 4.78 is 1.58. The van der Waals surface area contributed by atoms with Gasteiger partial charge in [0, 0.05) is 6.20 Å². The zero-order valence-corrected chi connectivity index (χ0v) is 17.2. The summed E-state index contributed by atoms with van der Waals surface area (Å²) in [5.74, 6) is -0.155. The Balaban J connectivity index is 1.75. The fraction of sp³-hybridized carbons (Fsp3) is 0.130. The number of aromatic nitrogens is 3. The smallest absolute Gasteiger partial charge is 0.266 e. The second-order valence-electron chi connectivity index (χ2n) is 6.63. The molecule has 0 aliphatic heterocycles. The molecule has 0 aliphatic rings. The van der Waals surface area contributed by atoms with E-state index in [0.717, 1.165) is 0 Å². The number of rotatable bonds is 6. The first-order chi connectivity index (χ1) is 14.7. The molecule has 2 heterocycles. The number of hydrogen-bond donors (Lipinski definition) is 1. The molecule has 1 unspecified atom stereocenters. The van der Waals surface area contributed by atoms with E-state index in [1.54, 1.807) is 35.2 Å². The van der Waals surface area contributed by atoms with Gasteiger partial charge in [-0.1, -0.05) is 49.0 Å². The topological polar surface area (TPSA) is 76.9 Å². The summed E-state index contributed by atoms with van der Waals surface area (Å²) >= 11 is 1.29. The van der Waals surface area contributed by atoms with Crippen molar-refractivity contribution in [3.05, 3.63) is 89.5 Å². The van der Waals surface area contributed by atoms with Gasteiger partial charge in [0.25, 0.3) is 5.56 Å². The average molecular weight is 417 g/mol. The van der Waals surface area contributed by atoms with Gasteiger partial charge in [0.2, 0.25) is 5.91 Å². The number of benzene rings is 2. The van der Waals surface area contributed by atoms with Crippen LogP contribution in [0.15, 0.2) is 89.1 Å². The van der Waals surface area contributed by atoms with Crippen LogP contribution in [-0.2, 0) is 4.79 Å². The summed E-state index contributed by atoms with van der Waals surface area (Å²) in [6.45, 7) is 1.94. The molecule has 0 saturated heterocycles. The standard InChI is InChI=1S/C23H20N4O2S/c1-2-20(21(28)25-16-9-8-14-24-15-16)30-23-26-19-13-7-6-12-18(19)22(29)27(23)17-10-4-3-5-11-17/h3-15,20H,2H2,1H3,(H,25,28). The Morgan fingerprint density at radius 1 is 1.07 bits per heavy atom. The molecule has 0 spiro atoms. The molecular weight excluding hydrogens is 396 g/mol. The Labute approximate surface area is 178 Å². The van der Waals surface area contributed by atoms with E-state index in [4.69, 9.17) is 4.98 Å². The quantitative estimate of drug-likeness (QED) is 0.375. The van der Waals surface area contributed by atoms with Crippen molar-refractivity contribution in [3.63, 3.8) is 0 Å². The van der Waals surface area contributed by atoms with Crippen molar-refractivity contribution < 1.29 is 4.79 Å². The largest absolute Gasteiger partial charge is 0.324 e. The Hall–Kier alpha value is -3.45. The number of carbonyl (C=O) groups excluding carboxylic acids is 1. The first-order valence-electron chi connectivity index (χ1n) is 9.62. The SMILES string of the molecule is CCC(Sc1nc2ccccc2c(=O)n1-c1ccccc1)C(=O)Nc1cccnc1. The Kier molecular flexibility index (Phi) is 5.90. The molecule has 1 amide bonds. The number of thioether (sulfide) groups is 1. The van der Waals surface area contributed by atoms with Crippen LogP contribution >= 0.6 is 11.8 Å². The monoisotopic (exact) mass is 416 g/mol. The van der Waals surface area contributed by atoms with E-state index in [-0.39, 0.29) is 11.5 Å². The van der Waals surface area contributed by atoms with Crippen LogP contribution in [0, 0.1) is 0 Å². The molecule has 30 heavy (non-hydrogen) atoms. The summed E-state index contributed by atoms with van der Waals surface area (Å²) in [7, 11) is 0. The van der Waals surface area contributed by atoms with Crippen LogP contribution in [0.2, 0.25) is 0 Å². The lowest BCUT2D eigenvalue weighted by molar-refractivity contribution is -0.115. The summed E-state index contributed by atoms with van der Waals surface area (Å²) in [5.41, 5.74) is 1.80. The lowest BCUT2D eigenvalue weighted by atomic mass is 10.2. The van der Waals surface area contributed by atoms with Crippen LogP contribution in [0.1, 0.15) is 13.3 Å². The highest BCUT2D eigenvalue weighted by Crippen LogP contribution is 2.27. The van der Waals surface area contributed by atoms with Gasteiger partial charge < -0.3 is 5.32 Å². The van der Waals surface area contributed by atoms with E-state index < -0.39 is 5.25 Å². The first-order valence-corrected chi connectivity index (χ1v) is 10.5. The van der Waals surface area contributed by atoms with Crippen LogP contribution in [-0.4, -0.2) is 25.7 Å². The number of fused-ring (bicyclic) bond motifs is 1. The van der Waals surface area contributed by atoms with Gasteiger partial charge in [-0.15, -0.1) is 0 Å². The van der Waals surface area contributed by atoms with Crippen molar-refractivity contribution in [3.8, 4) is 5.69 Å². The molecule has 0 aliphatic carbocycles. The maximum atomic E-state index is 13.3. The van der Waals surface area contributed by atoms with Crippen LogP contribution in [0.4, 0.5) is 5.69 Å². The second kappa shape index (κ2) is 8.92. The number of nitrogens with one attached hydrogen (secondary N) is 1. The van der Waals surface area contributed by atoms with Crippen molar-refractivity contribution in [2.24, 2.45) is 0 Å². The molecule has 0 saturated carbocycles. The van der Waals surface area contributed by atoms with Gasteiger partial charge in [0.05, 0.1) is 33.7 Å². The third-order valence-electron chi connectivity index (χ3n) is 4.60.